The molecule has 0 bridgehead atoms. The van der Waals surface area contributed by atoms with Crippen LogP contribution in [0.25, 0.3) is 10.9 Å². The van der Waals surface area contributed by atoms with Gasteiger partial charge in [-0.2, -0.15) is 4.98 Å². The van der Waals surface area contributed by atoms with Crippen molar-refractivity contribution < 1.29 is 4.79 Å². The Labute approximate surface area is 118 Å². The molecule has 0 aliphatic carbocycles. The van der Waals surface area contributed by atoms with Crippen molar-refractivity contribution in [3.8, 4) is 0 Å². The fraction of sp³-hybridized carbons (Fsp3) is 0.357. The van der Waals surface area contributed by atoms with E-state index in [-0.39, 0.29) is 11.9 Å². The average molecular weight is 273 g/mol. The number of rotatable bonds is 5. The van der Waals surface area contributed by atoms with Crippen LogP contribution in [-0.2, 0) is 4.79 Å². The normalized spacial score (nSPS) is 11.9. The zero-order valence-corrected chi connectivity index (χ0v) is 11.9. The smallest absolute Gasteiger partial charge is 0.241 e. The van der Waals surface area contributed by atoms with E-state index in [1.807, 2.05) is 31.2 Å². The summed E-state index contributed by atoms with van der Waals surface area (Å²) in [7, 11) is 1.61. The predicted octanol–water partition coefficient (Wildman–Crippen LogP) is 1.61. The number of aromatic nitrogens is 2. The van der Waals surface area contributed by atoms with Crippen LogP contribution in [0, 0.1) is 0 Å². The largest absolute Gasteiger partial charge is 0.358 e. The molecule has 1 unspecified atom stereocenters. The second-order valence-corrected chi connectivity index (χ2v) is 4.42. The van der Waals surface area contributed by atoms with Gasteiger partial charge in [-0.15, -0.1) is 0 Å². The molecular formula is C14H19N5O. The zero-order valence-electron chi connectivity index (χ0n) is 11.9. The SMILES string of the molecule is CCNc1nc(NC(C)C(=O)NC)c2ccccc2n1. The Morgan fingerprint density at radius 1 is 1.30 bits per heavy atom. The fourth-order valence-electron chi connectivity index (χ4n) is 1.91. The summed E-state index contributed by atoms with van der Waals surface area (Å²) in [6.45, 7) is 4.52. The van der Waals surface area contributed by atoms with E-state index in [0.717, 1.165) is 17.4 Å². The number of carbonyl (C=O) groups excluding carboxylic acids is 1. The Morgan fingerprint density at radius 2 is 2.05 bits per heavy atom. The maximum atomic E-state index is 11.6. The van der Waals surface area contributed by atoms with Gasteiger partial charge in [0.15, 0.2) is 0 Å². The molecule has 106 valence electrons. The van der Waals surface area contributed by atoms with Crippen LogP contribution in [0.3, 0.4) is 0 Å². The lowest BCUT2D eigenvalue weighted by Gasteiger charge is -2.15. The van der Waals surface area contributed by atoms with E-state index in [0.29, 0.717) is 11.8 Å². The van der Waals surface area contributed by atoms with Crippen LogP contribution in [0.15, 0.2) is 24.3 Å². The molecule has 2 rings (SSSR count). The minimum atomic E-state index is -0.368. The molecule has 2 aromatic rings. The molecule has 1 aromatic heterocycles. The van der Waals surface area contributed by atoms with Crippen molar-refractivity contribution in [3.63, 3.8) is 0 Å². The van der Waals surface area contributed by atoms with E-state index in [1.165, 1.54) is 0 Å². The Kier molecular flexibility index (Phi) is 4.34. The third-order valence-corrected chi connectivity index (χ3v) is 2.93. The lowest BCUT2D eigenvalue weighted by molar-refractivity contribution is -0.121. The quantitative estimate of drug-likeness (QED) is 0.771. The molecule has 3 N–H and O–H groups in total. The highest BCUT2D eigenvalue weighted by Crippen LogP contribution is 2.22. The predicted molar refractivity (Wildman–Crippen MR) is 80.9 cm³/mol. The number of hydrogen-bond acceptors (Lipinski definition) is 5. The Hall–Kier alpha value is -2.37. The molecular weight excluding hydrogens is 254 g/mol. The lowest BCUT2D eigenvalue weighted by atomic mass is 10.2. The van der Waals surface area contributed by atoms with Crippen LogP contribution in [-0.4, -0.2) is 35.5 Å². The summed E-state index contributed by atoms with van der Waals surface area (Å²) in [6, 6.07) is 7.34. The Morgan fingerprint density at radius 3 is 2.75 bits per heavy atom. The molecule has 0 radical (unpaired) electrons. The van der Waals surface area contributed by atoms with Gasteiger partial charge in [-0.25, -0.2) is 4.98 Å². The van der Waals surface area contributed by atoms with Gasteiger partial charge in [0.05, 0.1) is 5.52 Å². The van der Waals surface area contributed by atoms with Crippen LogP contribution in [0.1, 0.15) is 13.8 Å². The van der Waals surface area contributed by atoms with Crippen molar-refractivity contribution >= 4 is 28.6 Å². The van der Waals surface area contributed by atoms with Gasteiger partial charge in [0, 0.05) is 19.0 Å². The average Bonchev–Trinajstić information content (AvgIpc) is 2.46. The van der Waals surface area contributed by atoms with Gasteiger partial charge in [-0.1, -0.05) is 12.1 Å². The van der Waals surface area contributed by atoms with E-state index in [1.54, 1.807) is 14.0 Å². The van der Waals surface area contributed by atoms with Crippen LogP contribution in [0.4, 0.5) is 11.8 Å². The van der Waals surface area contributed by atoms with Crippen molar-refractivity contribution in [3.05, 3.63) is 24.3 Å². The van der Waals surface area contributed by atoms with Gasteiger partial charge in [-0.05, 0) is 26.0 Å². The molecule has 0 saturated heterocycles. The molecule has 6 nitrogen and oxygen atoms in total. The third kappa shape index (κ3) is 2.96. The molecule has 0 fully saturated rings. The van der Waals surface area contributed by atoms with E-state index in [9.17, 15) is 4.79 Å². The summed E-state index contributed by atoms with van der Waals surface area (Å²) < 4.78 is 0. The standard InChI is InChI=1S/C14H19N5O/c1-4-16-14-18-11-8-6-5-7-10(11)12(19-14)17-9(2)13(20)15-3/h5-9H,4H2,1-3H3,(H,15,20)(H2,16,17,18,19). The number of amides is 1. The van der Waals surface area contributed by atoms with Crippen molar-refractivity contribution in [2.75, 3.05) is 24.2 Å². The van der Waals surface area contributed by atoms with Crippen LogP contribution < -0.4 is 16.0 Å². The number of likely N-dealkylation sites (N-methyl/N-ethyl adjacent to an activating group) is 1. The summed E-state index contributed by atoms with van der Waals surface area (Å²) in [5.41, 5.74) is 0.838. The number of benzene rings is 1. The van der Waals surface area contributed by atoms with Gasteiger partial charge in [-0.3, -0.25) is 4.79 Å². The number of carbonyl (C=O) groups is 1. The van der Waals surface area contributed by atoms with Gasteiger partial charge in [0.25, 0.3) is 0 Å². The number of hydrogen-bond donors (Lipinski definition) is 3. The molecule has 6 heteroatoms. The van der Waals surface area contributed by atoms with E-state index in [4.69, 9.17) is 0 Å². The lowest BCUT2D eigenvalue weighted by Crippen LogP contribution is -2.35. The first-order valence-electron chi connectivity index (χ1n) is 6.64. The number of nitrogens with one attached hydrogen (secondary N) is 3. The molecule has 1 atom stereocenters. The molecule has 1 heterocycles. The molecule has 20 heavy (non-hydrogen) atoms. The Balaban J connectivity index is 2.41. The monoisotopic (exact) mass is 273 g/mol. The van der Waals surface area contributed by atoms with Gasteiger partial charge < -0.3 is 16.0 Å². The summed E-state index contributed by atoms with van der Waals surface area (Å²) in [6.07, 6.45) is 0. The number of fused-ring (bicyclic) bond motifs is 1. The minimum absolute atomic E-state index is 0.0855. The maximum Gasteiger partial charge on any atom is 0.241 e. The molecule has 1 amide bonds. The molecule has 0 spiro atoms. The summed E-state index contributed by atoms with van der Waals surface area (Å²) >= 11 is 0. The number of nitrogens with zero attached hydrogens (tertiary/aromatic N) is 2. The first kappa shape index (κ1) is 14.0. The van der Waals surface area contributed by atoms with Crippen LogP contribution in [0.2, 0.25) is 0 Å². The summed E-state index contributed by atoms with van der Waals surface area (Å²) in [5, 5.41) is 9.73. The molecule has 0 saturated carbocycles. The van der Waals surface area contributed by atoms with Crippen molar-refractivity contribution in [2.24, 2.45) is 0 Å². The van der Waals surface area contributed by atoms with Crippen molar-refractivity contribution in [1.29, 1.82) is 0 Å². The van der Waals surface area contributed by atoms with E-state index < -0.39 is 0 Å². The van der Waals surface area contributed by atoms with Gasteiger partial charge in [0.1, 0.15) is 11.9 Å². The first-order chi connectivity index (χ1) is 9.65. The first-order valence-corrected chi connectivity index (χ1v) is 6.64. The van der Waals surface area contributed by atoms with E-state index in [2.05, 4.69) is 25.9 Å². The number of anilines is 2. The summed E-state index contributed by atoms with van der Waals surface area (Å²) in [5.74, 6) is 1.12. The fourth-order valence-corrected chi connectivity index (χ4v) is 1.91. The highest BCUT2D eigenvalue weighted by molar-refractivity contribution is 5.92. The van der Waals surface area contributed by atoms with Gasteiger partial charge in [0.2, 0.25) is 11.9 Å². The minimum Gasteiger partial charge on any atom is -0.358 e. The van der Waals surface area contributed by atoms with Crippen LogP contribution >= 0.6 is 0 Å². The van der Waals surface area contributed by atoms with E-state index >= 15 is 0 Å². The highest BCUT2D eigenvalue weighted by atomic mass is 16.2. The van der Waals surface area contributed by atoms with Crippen molar-refractivity contribution in [1.82, 2.24) is 15.3 Å². The second kappa shape index (κ2) is 6.18. The topological polar surface area (TPSA) is 78.9 Å². The highest BCUT2D eigenvalue weighted by Gasteiger charge is 2.14. The maximum absolute atomic E-state index is 11.6. The van der Waals surface area contributed by atoms with Crippen LogP contribution in [0.5, 0.6) is 0 Å². The van der Waals surface area contributed by atoms with Crippen molar-refractivity contribution in [2.45, 2.75) is 19.9 Å². The summed E-state index contributed by atoms with van der Waals surface area (Å²) in [4.78, 5) is 20.5. The molecule has 0 aliphatic rings. The number of para-hydroxylation sites is 1. The zero-order chi connectivity index (χ0) is 14.5. The third-order valence-electron chi connectivity index (χ3n) is 2.93. The van der Waals surface area contributed by atoms with Gasteiger partial charge >= 0.3 is 0 Å². The second-order valence-electron chi connectivity index (χ2n) is 4.42. The molecule has 0 aliphatic heterocycles. The molecule has 1 aromatic carbocycles. The Bertz CT molecular complexity index is 614.